The van der Waals surface area contributed by atoms with Crippen LogP contribution in [0.1, 0.15) is 5.56 Å². The molecule has 1 aromatic carbocycles. The predicted octanol–water partition coefficient (Wildman–Crippen LogP) is 2.74. The molecule has 1 rings (SSSR count). The van der Waals surface area contributed by atoms with Gasteiger partial charge in [0, 0.05) is 0 Å². The Balaban J connectivity index is 2.26. The normalized spacial score (nSPS) is 10.9. The van der Waals surface area contributed by atoms with E-state index in [1.165, 1.54) is 0 Å². The number of benzene rings is 1. The van der Waals surface area contributed by atoms with E-state index in [2.05, 4.69) is 16.3 Å². The lowest BCUT2D eigenvalue weighted by atomic mass is 10.2. The monoisotopic (exact) mass is 249 g/mol. The van der Waals surface area contributed by atoms with E-state index < -0.39 is 18.0 Å². The maximum atomic E-state index is 12.1. The van der Waals surface area contributed by atoms with Gasteiger partial charge in [-0.15, -0.1) is 0 Å². The first-order valence-corrected chi connectivity index (χ1v) is 4.86. The largest absolute Gasteiger partial charge is 0.445 e. The molecule has 6 heteroatoms. The molecule has 0 fully saturated rings. The zero-order chi connectivity index (χ0) is 12.0. The van der Waals surface area contributed by atoms with E-state index in [9.17, 15) is 13.6 Å². The average Bonchev–Trinajstić information content (AvgIpc) is 2.24. The Bertz CT molecular complexity index is 340. The summed E-state index contributed by atoms with van der Waals surface area (Å²) in [7, 11) is 0. The highest BCUT2D eigenvalue weighted by atomic mass is 35.5. The van der Waals surface area contributed by atoms with Crippen LogP contribution in [-0.4, -0.2) is 18.0 Å². The maximum Gasteiger partial charge on any atom is 0.407 e. The minimum absolute atomic E-state index is 0.0283. The summed E-state index contributed by atoms with van der Waals surface area (Å²) in [6.07, 6.45) is -0.927. The quantitative estimate of drug-likeness (QED) is 0.834. The van der Waals surface area contributed by atoms with E-state index in [4.69, 9.17) is 0 Å². The fourth-order valence-electron chi connectivity index (χ4n) is 0.947. The molecule has 0 atom stereocenters. The van der Waals surface area contributed by atoms with Gasteiger partial charge in [0.15, 0.2) is 0 Å². The van der Waals surface area contributed by atoms with Crippen LogP contribution in [0.2, 0.25) is 0 Å². The Morgan fingerprint density at radius 2 is 2.00 bits per heavy atom. The Morgan fingerprint density at radius 3 is 2.56 bits per heavy atom. The molecule has 1 N–H and O–H groups in total. The molecule has 3 nitrogen and oxygen atoms in total. The number of alkyl carbamates (subject to hydrolysis) is 1. The molecular formula is C10H10ClF2NO2. The smallest absolute Gasteiger partial charge is 0.407 e. The van der Waals surface area contributed by atoms with Gasteiger partial charge in [-0.1, -0.05) is 30.3 Å². The molecule has 16 heavy (non-hydrogen) atoms. The molecule has 0 spiro atoms. The molecule has 0 bridgehead atoms. The lowest BCUT2D eigenvalue weighted by Crippen LogP contribution is -2.33. The van der Waals surface area contributed by atoms with Gasteiger partial charge in [-0.25, -0.2) is 4.79 Å². The second-order valence-electron chi connectivity index (χ2n) is 3.03. The molecule has 0 unspecified atom stereocenters. The van der Waals surface area contributed by atoms with Crippen molar-refractivity contribution in [3.63, 3.8) is 0 Å². The summed E-state index contributed by atoms with van der Waals surface area (Å²) >= 11 is 4.59. The van der Waals surface area contributed by atoms with Crippen LogP contribution in [0.3, 0.4) is 0 Å². The Kier molecular flexibility index (Phi) is 4.49. The van der Waals surface area contributed by atoms with E-state index in [1.54, 1.807) is 24.3 Å². The number of nitrogens with one attached hydrogen (secondary N) is 1. The van der Waals surface area contributed by atoms with E-state index in [1.807, 2.05) is 11.4 Å². The third-order valence-electron chi connectivity index (χ3n) is 1.65. The average molecular weight is 250 g/mol. The summed E-state index contributed by atoms with van der Waals surface area (Å²) in [5, 5.41) is -1.60. The van der Waals surface area contributed by atoms with Gasteiger partial charge in [-0.05, 0) is 17.2 Å². The van der Waals surface area contributed by atoms with Gasteiger partial charge in [0.05, 0.1) is 6.54 Å². The molecule has 0 saturated heterocycles. The zero-order valence-electron chi connectivity index (χ0n) is 8.25. The number of alkyl halides is 3. The predicted molar refractivity (Wildman–Crippen MR) is 55.4 cm³/mol. The fraction of sp³-hybridized carbons (Fsp3) is 0.300. The van der Waals surface area contributed by atoms with Crippen LogP contribution in [-0.2, 0) is 11.3 Å². The lowest BCUT2D eigenvalue weighted by molar-refractivity contribution is 0.0851. The van der Waals surface area contributed by atoms with Crippen LogP contribution in [0.5, 0.6) is 0 Å². The van der Waals surface area contributed by atoms with E-state index >= 15 is 0 Å². The van der Waals surface area contributed by atoms with Crippen molar-refractivity contribution in [1.82, 2.24) is 5.32 Å². The van der Waals surface area contributed by atoms with Crippen molar-refractivity contribution in [3.05, 3.63) is 35.9 Å². The van der Waals surface area contributed by atoms with Crippen LogP contribution < -0.4 is 5.32 Å². The Morgan fingerprint density at radius 1 is 1.38 bits per heavy atom. The van der Waals surface area contributed by atoms with Crippen molar-refractivity contribution in [2.24, 2.45) is 0 Å². The van der Waals surface area contributed by atoms with Gasteiger partial charge in [0.1, 0.15) is 6.61 Å². The minimum atomic E-state index is -3.45. The Labute approximate surface area is 96.4 Å². The van der Waals surface area contributed by atoms with E-state index in [0.717, 1.165) is 5.56 Å². The van der Waals surface area contributed by atoms with Gasteiger partial charge in [0.25, 0.3) is 0 Å². The van der Waals surface area contributed by atoms with Crippen molar-refractivity contribution in [2.75, 3.05) is 6.54 Å². The number of carbonyl (C=O) groups is 1. The molecule has 1 amide bonds. The highest BCUT2D eigenvalue weighted by Gasteiger charge is 2.25. The van der Waals surface area contributed by atoms with E-state index in [0.29, 0.717) is 0 Å². The van der Waals surface area contributed by atoms with E-state index in [-0.39, 0.29) is 6.61 Å². The van der Waals surface area contributed by atoms with Crippen LogP contribution in [0, 0.1) is 0 Å². The van der Waals surface area contributed by atoms with Crippen LogP contribution >= 0.6 is 11.6 Å². The number of hydrogen-bond donors (Lipinski definition) is 1. The number of halogens is 3. The first-order chi connectivity index (χ1) is 7.47. The summed E-state index contributed by atoms with van der Waals surface area (Å²) < 4.78 is 29.0. The number of ether oxygens (including phenoxy) is 1. The minimum Gasteiger partial charge on any atom is -0.445 e. The second-order valence-corrected chi connectivity index (χ2v) is 3.58. The Hall–Kier alpha value is -1.36. The summed E-state index contributed by atoms with van der Waals surface area (Å²) in [6, 6.07) is 8.89. The third-order valence-corrected chi connectivity index (χ3v) is 1.78. The van der Waals surface area contributed by atoms with Crippen molar-refractivity contribution >= 4 is 17.7 Å². The van der Waals surface area contributed by atoms with Crippen molar-refractivity contribution in [2.45, 2.75) is 12.0 Å². The number of carbonyl (C=O) groups excluding carboxylic acids is 1. The van der Waals surface area contributed by atoms with Crippen LogP contribution in [0.15, 0.2) is 30.3 Å². The SMILES string of the molecule is O=C(NCC(F)(F)Cl)OCc1ccccc1. The third kappa shape index (κ3) is 5.50. The maximum absolute atomic E-state index is 12.1. The first-order valence-electron chi connectivity index (χ1n) is 4.49. The summed E-state index contributed by atoms with van der Waals surface area (Å²) in [5.41, 5.74) is 0.773. The van der Waals surface area contributed by atoms with Crippen molar-refractivity contribution in [1.29, 1.82) is 0 Å². The number of amides is 1. The van der Waals surface area contributed by atoms with Crippen LogP contribution in [0.25, 0.3) is 0 Å². The number of hydrogen-bond acceptors (Lipinski definition) is 2. The highest BCUT2D eigenvalue weighted by molar-refractivity contribution is 6.21. The summed E-state index contributed by atoms with van der Waals surface area (Å²) in [5.74, 6) is 0. The molecule has 88 valence electrons. The fourth-order valence-corrected chi connectivity index (χ4v) is 1.01. The van der Waals surface area contributed by atoms with Crippen molar-refractivity contribution in [3.8, 4) is 0 Å². The number of rotatable bonds is 4. The lowest BCUT2D eigenvalue weighted by Gasteiger charge is -2.09. The molecule has 0 aliphatic carbocycles. The van der Waals surface area contributed by atoms with Crippen molar-refractivity contribution < 1.29 is 18.3 Å². The topological polar surface area (TPSA) is 38.3 Å². The van der Waals surface area contributed by atoms with Gasteiger partial charge < -0.3 is 10.1 Å². The second kappa shape index (κ2) is 5.65. The van der Waals surface area contributed by atoms with Gasteiger partial charge in [0.2, 0.25) is 0 Å². The summed E-state index contributed by atoms with van der Waals surface area (Å²) in [6.45, 7) is -0.928. The molecule has 0 radical (unpaired) electrons. The van der Waals surface area contributed by atoms with Crippen LogP contribution in [0.4, 0.5) is 13.6 Å². The van der Waals surface area contributed by atoms with Gasteiger partial charge >= 0.3 is 11.5 Å². The molecular weight excluding hydrogens is 240 g/mol. The molecule has 0 aliphatic heterocycles. The standard InChI is InChI=1S/C10H10ClF2NO2/c11-10(12,13)7-14-9(15)16-6-8-4-2-1-3-5-8/h1-5H,6-7H2,(H,14,15). The van der Waals surface area contributed by atoms with Gasteiger partial charge in [-0.3, -0.25) is 0 Å². The molecule has 0 heterocycles. The van der Waals surface area contributed by atoms with Gasteiger partial charge in [-0.2, -0.15) is 8.78 Å². The molecule has 0 aliphatic rings. The zero-order valence-corrected chi connectivity index (χ0v) is 9.01. The highest BCUT2D eigenvalue weighted by Crippen LogP contribution is 2.16. The molecule has 1 aromatic rings. The molecule has 0 aromatic heterocycles. The summed E-state index contributed by atoms with van der Waals surface area (Å²) in [4.78, 5) is 10.9. The first kappa shape index (κ1) is 12.7. The molecule has 0 saturated carbocycles.